The van der Waals surface area contributed by atoms with Crippen molar-refractivity contribution >= 4 is 40.3 Å². The highest BCUT2D eigenvalue weighted by Crippen LogP contribution is 2.43. The lowest BCUT2D eigenvalue weighted by atomic mass is 10.1. The first-order valence-electron chi connectivity index (χ1n) is 8.97. The third-order valence-electron chi connectivity index (χ3n) is 4.58. The largest absolute Gasteiger partial charge is 0.467 e. The van der Waals surface area contributed by atoms with Gasteiger partial charge in [-0.3, -0.25) is 4.99 Å². The second-order valence-electron chi connectivity index (χ2n) is 6.46. The van der Waals surface area contributed by atoms with Crippen LogP contribution in [-0.2, 0) is 16.0 Å². The summed E-state index contributed by atoms with van der Waals surface area (Å²) in [4.78, 5) is 32.3. The standard InChI is InChI=1S/C20H20N4O3S/c1-27-18(25)15(11-13-5-3-2-4-6-13)23-19(26)22-14-7-8-17-16(12-14)24-10-9-21-20(24)28-17/h2-8,12,15H,9-11H2,1H3,(H2,22,23,26). The minimum Gasteiger partial charge on any atom is -0.467 e. The molecule has 7 nitrogen and oxygen atoms in total. The molecule has 144 valence electrons. The number of amides is 2. The van der Waals surface area contributed by atoms with Gasteiger partial charge < -0.3 is 20.3 Å². The first kappa shape index (κ1) is 18.4. The number of ether oxygens (including phenoxy) is 1. The molecule has 2 heterocycles. The molecular weight excluding hydrogens is 376 g/mol. The summed E-state index contributed by atoms with van der Waals surface area (Å²) in [6.07, 6.45) is 0.357. The van der Waals surface area contributed by atoms with Crippen LogP contribution in [0, 0.1) is 0 Å². The maximum absolute atomic E-state index is 12.5. The van der Waals surface area contributed by atoms with Gasteiger partial charge in [0.1, 0.15) is 6.04 Å². The Morgan fingerprint density at radius 2 is 2.07 bits per heavy atom. The summed E-state index contributed by atoms with van der Waals surface area (Å²) in [6.45, 7) is 1.65. The van der Waals surface area contributed by atoms with Crippen LogP contribution in [0.3, 0.4) is 0 Å². The third kappa shape index (κ3) is 3.82. The molecule has 0 fully saturated rings. The molecule has 0 aliphatic carbocycles. The molecule has 1 atom stereocenters. The third-order valence-corrected chi connectivity index (χ3v) is 5.68. The van der Waals surface area contributed by atoms with E-state index in [1.807, 2.05) is 48.5 Å². The van der Waals surface area contributed by atoms with Crippen molar-refractivity contribution < 1.29 is 14.3 Å². The fraction of sp³-hybridized carbons (Fsp3) is 0.250. The highest BCUT2D eigenvalue weighted by atomic mass is 32.2. The monoisotopic (exact) mass is 396 g/mol. The number of rotatable bonds is 5. The zero-order chi connectivity index (χ0) is 19.5. The van der Waals surface area contributed by atoms with E-state index >= 15 is 0 Å². The first-order chi connectivity index (χ1) is 13.6. The van der Waals surface area contributed by atoms with E-state index < -0.39 is 18.0 Å². The number of hydrogen-bond donors (Lipinski definition) is 2. The number of methoxy groups -OCH3 is 1. The second-order valence-corrected chi connectivity index (χ2v) is 7.47. The molecule has 0 radical (unpaired) electrons. The molecule has 0 saturated carbocycles. The van der Waals surface area contributed by atoms with Gasteiger partial charge in [-0.25, -0.2) is 9.59 Å². The molecule has 2 amide bonds. The van der Waals surface area contributed by atoms with Crippen molar-refractivity contribution in [3.63, 3.8) is 0 Å². The summed E-state index contributed by atoms with van der Waals surface area (Å²) in [5.41, 5.74) is 2.65. The molecule has 28 heavy (non-hydrogen) atoms. The number of urea groups is 1. The highest BCUT2D eigenvalue weighted by Gasteiger charge is 2.30. The Morgan fingerprint density at radius 3 is 2.86 bits per heavy atom. The smallest absolute Gasteiger partial charge is 0.328 e. The van der Waals surface area contributed by atoms with E-state index in [0.29, 0.717) is 12.1 Å². The predicted octanol–water partition coefficient (Wildman–Crippen LogP) is 2.87. The molecule has 2 aromatic rings. The van der Waals surface area contributed by atoms with E-state index in [4.69, 9.17) is 4.74 Å². The van der Waals surface area contributed by atoms with Crippen LogP contribution in [-0.4, -0.2) is 43.4 Å². The van der Waals surface area contributed by atoms with Gasteiger partial charge in [0.2, 0.25) is 0 Å². The lowest BCUT2D eigenvalue weighted by molar-refractivity contribution is -0.142. The van der Waals surface area contributed by atoms with Gasteiger partial charge >= 0.3 is 12.0 Å². The van der Waals surface area contributed by atoms with E-state index in [9.17, 15) is 9.59 Å². The molecular formula is C20H20N4O3S. The minimum atomic E-state index is -0.769. The number of carbonyl (C=O) groups excluding carboxylic acids is 2. The van der Waals surface area contributed by atoms with Crippen LogP contribution in [0.25, 0.3) is 0 Å². The maximum atomic E-state index is 12.5. The zero-order valence-electron chi connectivity index (χ0n) is 15.3. The Labute approximate surface area is 167 Å². The highest BCUT2D eigenvalue weighted by molar-refractivity contribution is 8.14. The van der Waals surface area contributed by atoms with Gasteiger partial charge in [0.05, 0.1) is 19.3 Å². The van der Waals surface area contributed by atoms with Gasteiger partial charge in [-0.15, -0.1) is 0 Å². The predicted molar refractivity (Wildman–Crippen MR) is 110 cm³/mol. The lowest BCUT2D eigenvalue weighted by Crippen LogP contribution is -2.45. The van der Waals surface area contributed by atoms with Gasteiger partial charge in [-0.2, -0.15) is 0 Å². The average Bonchev–Trinajstić information content (AvgIpc) is 3.29. The Balaban J connectivity index is 1.43. The van der Waals surface area contributed by atoms with Crippen LogP contribution >= 0.6 is 11.8 Å². The first-order valence-corrected chi connectivity index (χ1v) is 9.79. The van der Waals surface area contributed by atoms with Crippen molar-refractivity contribution in [2.45, 2.75) is 17.4 Å². The summed E-state index contributed by atoms with van der Waals surface area (Å²) < 4.78 is 4.84. The van der Waals surface area contributed by atoms with E-state index in [2.05, 4.69) is 20.5 Å². The Bertz CT molecular complexity index is 932. The number of hydrogen-bond acceptors (Lipinski definition) is 6. The van der Waals surface area contributed by atoms with Crippen LogP contribution in [0.15, 0.2) is 58.4 Å². The van der Waals surface area contributed by atoms with Crippen molar-refractivity contribution in [3.8, 4) is 0 Å². The molecule has 2 aromatic carbocycles. The molecule has 1 unspecified atom stereocenters. The molecule has 2 aliphatic rings. The quantitative estimate of drug-likeness (QED) is 0.760. The number of benzene rings is 2. The Kier molecular flexibility index (Phi) is 5.21. The number of aliphatic imine (C=N–C) groups is 1. The van der Waals surface area contributed by atoms with Gasteiger partial charge in [0.15, 0.2) is 5.17 Å². The molecule has 2 aliphatic heterocycles. The van der Waals surface area contributed by atoms with Crippen LogP contribution < -0.4 is 15.5 Å². The van der Waals surface area contributed by atoms with Gasteiger partial charge in [-0.1, -0.05) is 30.3 Å². The van der Waals surface area contributed by atoms with Crippen molar-refractivity contribution in [1.82, 2.24) is 5.32 Å². The van der Waals surface area contributed by atoms with Gasteiger partial charge in [0.25, 0.3) is 0 Å². The molecule has 0 spiro atoms. The van der Waals surface area contributed by atoms with Crippen molar-refractivity contribution in [1.29, 1.82) is 0 Å². The number of nitrogens with one attached hydrogen (secondary N) is 2. The second kappa shape index (κ2) is 7.93. The summed E-state index contributed by atoms with van der Waals surface area (Å²) in [6, 6.07) is 14.0. The normalized spacial score (nSPS) is 15.3. The Hall–Kier alpha value is -3.00. The Morgan fingerprint density at radius 1 is 1.25 bits per heavy atom. The SMILES string of the molecule is COC(=O)C(Cc1ccccc1)NC(=O)Nc1ccc2c(c1)N1CCN=C1S2. The molecule has 8 heteroatoms. The number of esters is 1. The fourth-order valence-corrected chi connectivity index (χ4v) is 4.30. The van der Waals surface area contributed by atoms with Crippen LogP contribution in [0.1, 0.15) is 5.56 Å². The van der Waals surface area contributed by atoms with Gasteiger partial charge in [0, 0.05) is 23.5 Å². The minimum absolute atomic E-state index is 0.357. The molecule has 4 rings (SSSR count). The van der Waals surface area contributed by atoms with E-state index in [1.165, 1.54) is 7.11 Å². The van der Waals surface area contributed by atoms with Crippen LogP contribution in [0.2, 0.25) is 0 Å². The van der Waals surface area contributed by atoms with E-state index in [0.717, 1.165) is 34.4 Å². The van der Waals surface area contributed by atoms with Gasteiger partial charge in [-0.05, 0) is 35.5 Å². The van der Waals surface area contributed by atoms with E-state index in [1.54, 1.807) is 11.8 Å². The van der Waals surface area contributed by atoms with Crippen molar-refractivity contribution in [3.05, 3.63) is 54.1 Å². The van der Waals surface area contributed by atoms with Crippen LogP contribution in [0.5, 0.6) is 0 Å². The summed E-state index contributed by atoms with van der Waals surface area (Å²) in [5.74, 6) is -0.484. The maximum Gasteiger partial charge on any atom is 0.328 e. The van der Waals surface area contributed by atoms with E-state index in [-0.39, 0.29) is 0 Å². The topological polar surface area (TPSA) is 83.0 Å². The molecule has 0 aromatic heterocycles. The summed E-state index contributed by atoms with van der Waals surface area (Å²) in [7, 11) is 1.31. The number of thioether (sulfide) groups is 1. The molecule has 2 N–H and O–H groups in total. The zero-order valence-corrected chi connectivity index (χ0v) is 16.2. The fourth-order valence-electron chi connectivity index (χ4n) is 3.24. The summed E-state index contributed by atoms with van der Waals surface area (Å²) >= 11 is 1.64. The lowest BCUT2D eigenvalue weighted by Gasteiger charge is -2.18. The van der Waals surface area contributed by atoms with Crippen molar-refractivity contribution in [2.24, 2.45) is 4.99 Å². The number of carbonyl (C=O) groups is 2. The number of nitrogens with zero attached hydrogens (tertiary/aromatic N) is 2. The molecule has 0 saturated heterocycles. The van der Waals surface area contributed by atoms with Crippen molar-refractivity contribution in [2.75, 3.05) is 30.4 Å². The number of anilines is 2. The number of amidine groups is 1. The molecule has 0 bridgehead atoms. The number of fused-ring (bicyclic) bond motifs is 3. The average molecular weight is 396 g/mol. The van der Waals surface area contributed by atoms with Crippen LogP contribution in [0.4, 0.5) is 16.2 Å². The summed E-state index contributed by atoms with van der Waals surface area (Å²) in [5, 5.41) is 6.53.